The Hall–Kier alpha value is -1.82. The maximum Gasteiger partial charge on any atom is 0.329 e. The van der Waals surface area contributed by atoms with Gasteiger partial charge in [-0.2, -0.15) is 5.26 Å². The van der Waals surface area contributed by atoms with Crippen LogP contribution in [0.2, 0.25) is 0 Å². The molecule has 2 rings (SSSR count). The van der Waals surface area contributed by atoms with Gasteiger partial charge in [0.2, 0.25) is 0 Å². The second-order valence-electron chi connectivity index (χ2n) is 4.86. The van der Waals surface area contributed by atoms with Gasteiger partial charge in [0.25, 0.3) is 5.56 Å². The van der Waals surface area contributed by atoms with Crippen LogP contribution in [0.25, 0.3) is 0 Å². The van der Waals surface area contributed by atoms with Crippen molar-refractivity contribution in [3.8, 4) is 6.07 Å². The number of rotatable bonds is 3. The Labute approximate surface area is 124 Å². The average Bonchev–Trinajstić information content (AvgIpc) is 2.78. The lowest BCUT2D eigenvalue weighted by Gasteiger charge is -2.27. The van der Waals surface area contributed by atoms with Crippen LogP contribution in [0.15, 0.2) is 27.9 Å². The fraction of sp³-hybridized carbons (Fsp3) is 0.462. The number of aliphatic hydroxyl groups is 2. The van der Waals surface area contributed by atoms with Gasteiger partial charge in [0.15, 0.2) is 0 Å². The summed E-state index contributed by atoms with van der Waals surface area (Å²) in [6.45, 7) is 1.32. The third-order valence-corrected chi connectivity index (χ3v) is 5.09. The first kappa shape index (κ1) is 15.6. The molecule has 0 aromatic carbocycles. The predicted octanol–water partition coefficient (Wildman–Crippen LogP) is -0.564. The molecule has 8 heteroatoms. The summed E-state index contributed by atoms with van der Waals surface area (Å²) in [5, 5.41) is 27.6. The minimum absolute atomic E-state index is 0.159. The molecule has 1 aromatic rings. The standard InChI is InChI=1S/C13H15N3O4S/c1-8-6-16(12(20)15-11(8)19)13(3-2-4-14)5-9(18)10(7-17)21-13/h2-3,6,9-10,17-18H,5,7H2,1H3,(H,15,19,20)/b3-2+. The molecule has 112 valence electrons. The maximum absolute atomic E-state index is 12.1. The Morgan fingerprint density at radius 3 is 2.95 bits per heavy atom. The first-order chi connectivity index (χ1) is 9.93. The van der Waals surface area contributed by atoms with Crippen molar-refractivity contribution in [1.29, 1.82) is 5.26 Å². The Balaban J connectivity index is 2.61. The van der Waals surface area contributed by atoms with Crippen molar-refractivity contribution in [2.75, 3.05) is 6.61 Å². The van der Waals surface area contributed by atoms with Gasteiger partial charge in [-0.1, -0.05) is 0 Å². The highest BCUT2D eigenvalue weighted by molar-refractivity contribution is 8.01. The fourth-order valence-electron chi connectivity index (χ4n) is 2.34. The Morgan fingerprint density at radius 1 is 1.67 bits per heavy atom. The van der Waals surface area contributed by atoms with E-state index < -0.39 is 27.5 Å². The molecular weight excluding hydrogens is 294 g/mol. The smallest absolute Gasteiger partial charge is 0.329 e. The Kier molecular flexibility index (Phi) is 4.37. The molecule has 3 N–H and O–H groups in total. The van der Waals surface area contributed by atoms with Gasteiger partial charge in [0.05, 0.1) is 24.0 Å². The number of thioether (sulfide) groups is 1. The summed E-state index contributed by atoms with van der Waals surface area (Å²) in [6.07, 6.45) is 3.49. The van der Waals surface area contributed by atoms with Crippen molar-refractivity contribution in [3.05, 3.63) is 44.8 Å². The highest BCUT2D eigenvalue weighted by Gasteiger charge is 2.45. The molecule has 0 aliphatic carbocycles. The highest BCUT2D eigenvalue weighted by Crippen LogP contribution is 2.47. The van der Waals surface area contributed by atoms with Crippen LogP contribution < -0.4 is 11.2 Å². The van der Waals surface area contributed by atoms with E-state index in [1.807, 2.05) is 6.07 Å². The quantitative estimate of drug-likeness (QED) is 0.644. The molecule has 2 heterocycles. The van der Waals surface area contributed by atoms with E-state index in [9.17, 15) is 19.8 Å². The minimum atomic E-state index is -1.01. The predicted molar refractivity (Wildman–Crippen MR) is 77.9 cm³/mol. The summed E-state index contributed by atoms with van der Waals surface area (Å²) >= 11 is 1.19. The fourth-order valence-corrected chi connectivity index (χ4v) is 3.85. The zero-order valence-electron chi connectivity index (χ0n) is 11.3. The second-order valence-corrected chi connectivity index (χ2v) is 6.41. The number of hydrogen-bond donors (Lipinski definition) is 3. The maximum atomic E-state index is 12.1. The molecule has 1 aliphatic rings. The van der Waals surface area contributed by atoms with E-state index in [4.69, 9.17) is 5.26 Å². The van der Waals surface area contributed by atoms with Gasteiger partial charge < -0.3 is 10.2 Å². The molecule has 0 amide bonds. The summed E-state index contributed by atoms with van der Waals surface area (Å²) in [7, 11) is 0. The number of aryl methyl sites for hydroxylation is 1. The molecule has 0 radical (unpaired) electrons. The van der Waals surface area contributed by atoms with Gasteiger partial charge in [0, 0.05) is 24.3 Å². The zero-order chi connectivity index (χ0) is 15.6. The van der Waals surface area contributed by atoms with Crippen LogP contribution in [-0.4, -0.2) is 37.7 Å². The van der Waals surface area contributed by atoms with E-state index in [0.29, 0.717) is 5.56 Å². The topological polar surface area (TPSA) is 119 Å². The van der Waals surface area contributed by atoms with Crippen LogP contribution in [0.5, 0.6) is 0 Å². The lowest BCUT2D eigenvalue weighted by molar-refractivity contribution is 0.131. The van der Waals surface area contributed by atoms with Gasteiger partial charge in [0.1, 0.15) is 4.87 Å². The molecule has 1 aliphatic heterocycles. The van der Waals surface area contributed by atoms with E-state index in [-0.39, 0.29) is 13.0 Å². The van der Waals surface area contributed by atoms with E-state index in [1.165, 1.54) is 34.7 Å². The van der Waals surface area contributed by atoms with Crippen LogP contribution in [0.4, 0.5) is 0 Å². The molecule has 0 saturated carbocycles. The number of nitrogens with one attached hydrogen (secondary N) is 1. The normalized spacial score (nSPS) is 28.9. The SMILES string of the molecule is Cc1cn(C2(/C=C/C#N)CC(O)C(CO)S2)c(=O)[nH]c1=O. The monoisotopic (exact) mass is 309 g/mol. The highest BCUT2D eigenvalue weighted by atomic mass is 32.2. The van der Waals surface area contributed by atoms with Gasteiger partial charge in [-0.15, -0.1) is 11.8 Å². The molecule has 7 nitrogen and oxygen atoms in total. The van der Waals surface area contributed by atoms with Gasteiger partial charge in [-0.3, -0.25) is 14.3 Å². The molecule has 1 aromatic heterocycles. The number of nitrogens with zero attached hydrogens (tertiary/aromatic N) is 2. The zero-order valence-corrected chi connectivity index (χ0v) is 12.1. The van der Waals surface area contributed by atoms with Gasteiger partial charge >= 0.3 is 5.69 Å². The van der Waals surface area contributed by atoms with Crippen LogP contribution >= 0.6 is 11.8 Å². The van der Waals surface area contributed by atoms with E-state index in [1.54, 1.807) is 6.92 Å². The van der Waals surface area contributed by atoms with Crippen molar-refractivity contribution in [2.24, 2.45) is 0 Å². The molecule has 1 saturated heterocycles. The largest absolute Gasteiger partial charge is 0.395 e. The van der Waals surface area contributed by atoms with Gasteiger partial charge in [-0.25, -0.2) is 4.79 Å². The molecule has 1 fully saturated rings. The lowest BCUT2D eigenvalue weighted by atomic mass is 10.1. The number of nitriles is 1. The molecule has 0 spiro atoms. The number of aromatic amines is 1. The minimum Gasteiger partial charge on any atom is -0.395 e. The number of allylic oxidation sites excluding steroid dienone is 1. The Morgan fingerprint density at radius 2 is 2.38 bits per heavy atom. The Bertz CT molecular complexity index is 717. The third kappa shape index (κ3) is 2.81. The van der Waals surface area contributed by atoms with Crippen LogP contribution in [0.3, 0.4) is 0 Å². The summed E-state index contributed by atoms with van der Waals surface area (Å²) in [6, 6.07) is 1.86. The van der Waals surface area contributed by atoms with E-state index in [2.05, 4.69) is 4.98 Å². The van der Waals surface area contributed by atoms with Crippen LogP contribution in [0.1, 0.15) is 12.0 Å². The lowest BCUT2D eigenvalue weighted by Crippen LogP contribution is -2.40. The first-order valence-corrected chi connectivity index (χ1v) is 7.18. The molecule has 3 unspecified atom stereocenters. The summed E-state index contributed by atoms with van der Waals surface area (Å²) < 4.78 is 1.29. The third-order valence-electron chi connectivity index (χ3n) is 3.41. The second kappa shape index (κ2) is 5.89. The van der Waals surface area contributed by atoms with Crippen molar-refractivity contribution in [1.82, 2.24) is 9.55 Å². The molecule has 21 heavy (non-hydrogen) atoms. The van der Waals surface area contributed by atoms with Crippen molar-refractivity contribution in [2.45, 2.75) is 29.6 Å². The number of hydrogen-bond acceptors (Lipinski definition) is 6. The first-order valence-electron chi connectivity index (χ1n) is 6.30. The number of H-pyrrole nitrogens is 1. The summed E-state index contributed by atoms with van der Waals surface area (Å²) in [5.41, 5.74) is -0.744. The van der Waals surface area contributed by atoms with E-state index >= 15 is 0 Å². The van der Waals surface area contributed by atoms with Crippen LogP contribution in [-0.2, 0) is 4.87 Å². The average molecular weight is 309 g/mol. The van der Waals surface area contributed by atoms with Crippen molar-refractivity contribution in [3.63, 3.8) is 0 Å². The van der Waals surface area contributed by atoms with Gasteiger partial charge in [-0.05, 0) is 13.0 Å². The van der Waals surface area contributed by atoms with Crippen LogP contribution in [0, 0.1) is 18.3 Å². The molecular formula is C13H15N3O4S. The number of aromatic nitrogens is 2. The van der Waals surface area contributed by atoms with E-state index in [0.717, 1.165) is 0 Å². The summed E-state index contributed by atoms with van der Waals surface area (Å²) in [4.78, 5) is 24.8. The van der Waals surface area contributed by atoms with Crippen molar-refractivity contribution < 1.29 is 10.2 Å². The molecule has 3 atom stereocenters. The van der Waals surface area contributed by atoms with Crippen molar-refractivity contribution >= 4 is 11.8 Å². The molecule has 0 bridgehead atoms. The summed E-state index contributed by atoms with van der Waals surface area (Å²) in [5.74, 6) is 0. The number of aliphatic hydroxyl groups excluding tert-OH is 2.